The maximum Gasteiger partial charge on any atom is 0.305 e. The van der Waals surface area contributed by atoms with Crippen molar-refractivity contribution in [3.8, 4) is 0 Å². The van der Waals surface area contributed by atoms with Crippen molar-refractivity contribution in [1.29, 1.82) is 0 Å². The molecule has 2 nitrogen and oxygen atoms in total. The van der Waals surface area contributed by atoms with Gasteiger partial charge in [-0.15, -0.1) is 0 Å². The standard InChI is InChI=1S/C15H19BO2/c1-18-15(17)10-11-2-4-12(5-3-11)13-6-8-14(16)9-7-13/h6-9,11-12H,2-5,10H2,1H3. The quantitative estimate of drug-likeness (QED) is 0.600. The number of hydrogen-bond donors (Lipinski definition) is 0. The van der Waals surface area contributed by atoms with Crippen molar-refractivity contribution < 1.29 is 9.53 Å². The Morgan fingerprint density at radius 3 is 2.39 bits per heavy atom. The summed E-state index contributed by atoms with van der Waals surface area (Å²) in [5.74, 6) is 1.05. The van der Waals surface area contributed by atoms with Gasteiger partial charge in [0.05, 0.1) is 7.11 Å². The Bertz CT molecular complexity index is 391. The number of rotatable bonds is 3. The molecular formula is C15H19BO2. The molecule has 0 heterocycles. The van der Waals surface area contributed by atoms with E-state index < -0.39 is 0 Å². The lowest BCUT2D eigenvalue weighted by Gasteiger charge is -2.28. The van der Waals surface area contributed by atoms with E-state index in [0.717, 1.165) is 31.1 Å². The normalized spacial score (nSPS) is 23.6. The molecule has 0 bridgehead atoms. The molecule has 0 amide bonds. The van der Waals surface area contributed by atoms with Crippen LogP contribution in [0.3, 0.4) is 0 Å². The fourth-order valence-electron chi connectivity index (χ4n) is 2.79. The molecule has 2 radical (unpaired) electrons. The highest BCUT2D eigenvalue weighted by Crippen LogP contribution is 2.36. The summed E-state index contributed by atoms with van der Waals surface area (Å²) >= 11 is 0. The van der Waals surface area contributed by atoms with E-state index >= 15 is 0 Å². The van der Waals surface area contributed by atoms with Gasteiger partial charge in [0, 0.05) is 6.42 Å². The van der Waals surface area contributed by atoms with E-state index in [-0.39, 0.29) is 5.97 Å². The maximum atomic E-state index is 11.2. The first kappa shape index (κ1) is 13.2. The van der Waals surface area contributed by atoms with Gasteiger partial charge in [0.15, 0.2) is 0 Å². The molecule has 1 aliphatic carbocycles. The summed E-state index contributed by atoms with van der Waals surface area (Å²) < 4.78 is 4.72. The van der Waals surface area contributed by atoms with Gasteiger partial charge < -0.3 is 4.74 Å². The maximum absolute atomic E-state index is 11.2. The minimum absolute atomic E-state index is 0.0778. The van der Waals surface area contributed by atoms with Gasteiger partial charge in [0.25, 0.3) is 0 Å². The van der Waals surface area contributed by atoms with Gasteiger partial charge in [-0.2, -0.15) is 0 Å². The van der Waals surface area contributed by atoms with Crippen LogP contribution in [0, 0.1) is 5.92 Å². The molecule has 0 atom stereocenters. The number of ether oxygens (including phenoxy) is 1. The highest BCUT2D eigenvalue weighted by Gasteiger charge is 2.24. The van der Waals surface area contributed by atoms with Crippen LogP contribution < -0.4 is 5.46 Å². The molecule has 1 aromatic rings. The van der Waals surface area contributed by atoms with Crippen LogP contribution in [0.5, 0.6) is 0 Å². The Kier molecular flexibility index (Phi) is 4.46. The van der Waals surface area contributed by atoms with E-state index in [4.69, 9.17) is 12.6 Å². The summed E-state index contributed by atoms with van der Waals surface area (Å²) in [6.45, 7) is 0. The van der Waals surface area contributed by atoms with Gasteiger partial charge in [-0.3, -0.25) is 4.79 Å². The second-order valence-electron chi connectivity index (χ2n) is 5.16. The summed E-state index contributed by atoms with van der Waals surface area (Å²) in [6, 6.07) is 8.19. The molecular weight excluding hydrogens is 223 g/mol. The van der Waals surface area contributed by atoms with E-state index in [1.165, 1.54) is 12.7 Å². The summed E-state index contributed by atoms with van der Waals surface area (Å²) in [4.78, 5) is 11.2. The number of esters is 1. The molecule has 3 heteroatoms. The Morgan fingerprint density at radius 1 is 1.22 bits per heavy atom. The minimum Gasteiger partial charge on any atom is -0.469 e. The number of hydrogen-bond acceptors (Lipinski definition) is 2. The zero-order valence-corrected chi connectivity index (χ0v) is 10.9. The van der Waals surface area contributed by atoms with Crippen LogP contribution in [-0.2, 0) is 9.53 Å². The van der Waals surface area contributed by atoms with E-state index in [1.807, 2.05) is 12.1 Å². The molecule has 0 aliphatic heterocycles. The molecule has 2 rings (SSSR count). The topological polar surface area (TPSA) is 26.3 Å². The van der Waals surface area contributed by atoms with Gasteiger partial charge in [-0.1, -0.05) is 29.7 Å². The van der Waals surface area contributed by atoms with Gasteiger partial charge in [0.2, 0.25) is 0 Å². The molecule has 1 aromatic carbocycles. The Hall–Kier alpha value is -1.25. The second kappa shape index (κ2) is 6.08. The molecule has 0 N–H and O–H groups in total. The van der Waals surface area contributed by atoms with Crippen molar-refractivity contribution in [3.05, 3.63) is 29.8 Å². The number of carbonyl (C=O) groups is 1. The summed E-state index contributed by atoms with van der Waals surface area (Å²) in [7, 11) is 7.16. The van der Waals surface area contributed by atoms with Crippen LogP contribution in [0.1, 0.15) is 43.6 Å². The third-order valence-corrected chi connectivity index (χ3v) is 3.94. The molecule has 18 heavy (non-hydrogen) atoms. The second-order valence-corrected chi connectivity index (χ2v) is 5.16. The van der Waals surface area contributed by atoms with Gasteiger partial charge in [-0.25, -0.2) is 0 Å². The van der Waals surface area contributed by atoms with Crippen LogP contribution in [0.25, 0.3) is 0 Å². The average molecular weight is 242 g/mol. The average Bonchev–Trinajstić information content (AvgIpc) is 2.40. The van der Waals surface area contributed by atoms with Crippen molar-refractivity contribution in [2.75, 3.05) is 7.11 Å². The Morgan fingerprint density at radius 2 is 1.83 bits per heavy atom. The highest BCUT2D eigenvalue weighted by molar-refractivity contribution is 6.32. The number of benzene rings is 1. The fourth-order valence-corrected chi connectivity index (χ4v) is 2.79. The van der Waals surface area contributed by atoms with E-state index in [1.54, 1.807) is 0 Å². The van der Waals surface area contributed by atoms with Crippen molar-refractivity contribution >= 4 is 19.3 Å². The molecule has 1 fully saturated rings. The van der Waals surface area contributed by atoms with Gasteiger partial charge in [-0.05, 0) is 43.1 Å². The van der Waals surface area contributed by atoms with Crippen molar-refractivity contribution in [3.63, 3.8) is 0 Å². The lowest BCUT2D eigenvalue weighted by molar-refractivity contribution is -0.142. The summed E-state index contributed by atoms with van der Waals surface area (Å²) in [5.41, 5.74) is 2.19. The predicted molar refractivity (Wildman–Crippen MR) is 73.2 cm³/mol. The SMILES string of the molecule is [B]c1ccc(C2CCC(CC(=O)OC)CC2)cc1. The molecule has 1 saturated carbocycles. The van der Waals surface area contributed by atoms with Crippen molar-refractivity contribution in [1.82, 2.24) is 0 Å². The highest BCUT2D eigenvalue weighted by atomic mass is 16.5. The van der Waals surface area contributed by atoms with Crippen molar-refractivity contribution in [2.45, 2.75) is 38.0 Å². The van der Waals surface area contributed by atoms with Crippen LogP contribution in [0.15, 0.2) is 24.3 Å². The minimum atomic E-state index is -0.0778. The number of methoxy groups -OCH3 is 1. The molecule has 94 valence electrons. The van der Waals surface area contributed by atoms with Crippen LogP contribution >= 0.6 is 0 Å². The molecule has 0 saturated heterocycles. The number of carbonyl (C=O) groups excluding carboxylic acids is 1. The lowest BCUT2D eigenvalue weighted by atomic mass is 9.77. The monoisotopic (exact) mass is 242 g/mol. The molecule has 0 spiro atoms. The first-order chi connectivity index (χ1) is 8.69. The van der Waals surface area contributed by atoms with Gasteiger partial charge in [0.1, 0.15) is 7.85 Å². The third kappa shape index (κ3) is 3.38. The third-order valence-electron chi connectivity index (χ3n) is 3.94. The summed E-state index contributed by atoms with van der Waals surface area (Å²) in [5, 5.41) is 0. The zero-order valence-electron chi connectivity index (χ0n) is 10.9. The van der Waals surface area contributed by atoms with E-state index in [0.29, 0.717) is 18.3 Å². The van der Waals surface area contributed by atoms with Crippen LogP contribution in [0.2, 0.25) is 0 Å². The predicted octanol–water partition coefficient (Wildman–Crippen LogP) is 2.32. The smallest absolute Gasteiger partial charge is 0.305 e. The zero-order chi connectivity index (χ0) is 13.0. The first-order valence-corrected chi connectivity index (χ1v) is 6.61. The molecule has 0 unspecified atom stereocenters. The Labute approximate surface area is 110 Å². The fraction of sp³-hybridized carbons (Fsp3) is 0.533. The first-order valence-electron chi connectivity index (χ1n) is 6.61. The van der Waals surface area contributed by atoms with Crippen LogP contribution in [-0.4, -0.2) is 20.9 Å². The van der Waals surface area contributed by atoms with E-state index in [2.05, 4.69) is 12.1 Å². The molecule has 1 aliphatic rings. The van der Waals surface area contributed by atoms with E-state index in [9.17, 15) is 4.79 Å². The Balaban J connectivity index is 1.86. The van der Waals surface area contributed by atoms with Crippen LogP contribution in [0.4, 0.5) is 0 Å². The lowest BCUT2D eigenvalue weighted by Crippen LogP contribution is -2.17. The van der Waals surface area contributed by atoms with Crippen molar-refractivity contribution in [2.24, 2.45) is 5.92 Å². The summed E-state index contributed by atoms with van der Waals surface area (Å²) in [6.07, 6.45) is 5.12. The van der Waals surface area contributed by atoms with Gasteiger partial charge >= 0.3 is 5.97 Å². The largest absolute Gasteiger partial charge is 0.469 e. The molecule has 0 aromatic heterocycles.